The van der Waals surface area contributed by atoms with Gasteiger partial charge in [0.2, 0.25) is 5.91 Å². The first-order valence-corrected chi connectivity index (χ1v) is 9.20. The van der Waals surface area contributed by atoms with Crippen molar-refractivity contribution in [1.29, 1.82) is 0 Å². The van der Waals surface area contributed by atoms with E-state index in [1.807, 2.05) is 0 Å². The van der Waals surface area contributed by atoms with Gasteiger partial charge in [-0.15, -0.1) is 11.8 Å². The molecule has 0 spiro atoms. The van der Waals surface area contributed by atoms with E-state index in [1.54, 1.807) is 14.1 Å². The second-order valence-corrected chi connectivity index (χ2v) is 8.27. The van der Waals surface area contributed by atoms with E-state index >= 15 is 0 Å². The number of carboxylic acid groups (broad SMARTS) is 1. The molecule has 0 aromatic carbocycles. The van der Waals surface area contributed by atoms with Crippen LogP contribution in [0.4, 0.5) is 0 Å². The third-order valence-electron chi connectivity index (χ3n) is 4.93. The van der Waals surface area contributed by atoms with Crippen LogP contribution in [0.15, 0.2) is 22.8 Å². The van der Waals surface area contributed by atoms with Gasteiger partial charge in [0.05, 0.1) is 24.7 Å². The second kappa shape index (κ2) is 6.71. The number of carbonyl (C=O) groups excluding carboxylic acids is 2. The molecule has 0 radical (unpaired) electrons. The molecule has 0 bridgehead atoms. The number of hydrogen-bond donors (Lipinski definition) is 2. The van der Waals surface area contributed by atoms with Gasteiger partial charge in [0, 0.05) is 24.3 Å². The van der Waals surface area contributed by atoms with Gasteiger partial charge in [-0.3, -0.25) is 14.5 Å². The Labute approximate surface area is 155 Å². The number of fused-ring (bicyclic) bond motifs is 1. The molecule has 2 N–H and O–H groups in total. The minimum absolute atomic E-state index is 0.0886. The van der Waals surface area contributed by atoms with Crippen molar-refractivity contribution >= 4 is 29.5 Å². The number of ether oxygens (including phenoxy) is 1. The summed E-state index contributed by atoms with van der Waals surface area (Å²) in [6, 6.07) is -0.516. The predicted molar refractivity (Wildman–Crippen MR) is 94.0 cm³/mol. The van der Waals surface area contributed by atoms with Crippen LogP contribution in [0, 0.1) is 5.92 Å². The molecule has 3 heterocycles. The third kappa shape index (κ3) is 2.83. The van der Waals surface area contributed by atoms with E-state index in [4.69, 9.17) is 4.74 Å². The van der Waals surface area contributed by atoms with Crippen LogP contribution in [-0.4, -0.2) is 82.0 Å². The van der Waals surface area contributed by atoms with E-state index in [2.05, 4.69) is 6.58 Å². The first-order valence-electron chi connectivity index (χ1n) is 8.32. The summed E-state index contributed by atoms with van der Waals surface area (Å²) < 4.78 is 5.55. The minimum Gasteiger partial charge on any atom is -0.477 e. The van der Waals surface area contributed by atoms with Crippen LogP contribution in [0.1, 0.15) is 13.3 Å². The Bertz CT molecular complexity index is 716. The maximum absolute atomic E-state index is 12.3. The molecule has 2 amide bonds. The topological polar surface area (TPSA) is 107 Å². The Morgan fingerprint density at radius 1 is 1.42 bits per heavy atom. The number of β-lactam (4-membered cyclic amide) rings is 1. The number of hydrogen-bond acceptors (Lipinski definition) is 6. The monoisotopic (exact) mass is 382 g/mol. The van der Waals surface area contributed by atoms with Crippen molar-refractivity contribution in [3.63, 3.8) is 0 Å². The molecule has 9 heteroatoms. The molecule has 0 unspecified atom stereocenters. The van der Waals surface area contributed by atoms with E-state index < -0.39 is 36.0 Å². The second-order valence-electron chi connectivity index (χ2n) is 6.96. The van der Waals surface area contributed by atoms with Gasteiger partial charge in [-0.25, -0.2) is 4.79 Å². The average Bonchev–Trinajstić information content (AvgIpc) is 3.09. The van der Waals surface area contributed by atoms with Gasteiger partial charge in [0.1, 0.15) is 11.8 Å². The van der Waals surface area contributed by atoms with Gasteiger partial charge >= 0.3 is 5.97 Å². The lowest BCUT2D eigenvalue weighted by atomic mass is 9.82. The number of nitrogens with zero attached hydrogens (tertiary/aromatic N) is 2. The molecule has 0 aromatic heterocycles. The predicted octanol–water partition coefficient (Wildman–Crippen LogP) is 0.0391. The van der Waals surface area contributed by atoms with Gasteiger partial charge in [0.25, 0.3) is 5.91 Å². The standard InChI is InChI=1S/C17H22N2O6S/c1-7-12-11(8(2)20)16(22)19(12)13(17(23)24)14(7)26-9-5-10(25-6-9)15(21)18(3)4/h8-12,20H,1,5-6H2,2-4H3,(H,23,24)/t8-,9-,10-,11+,12+/m0/s1. The summed E-state index contributed by atoms with van der Waals surface area (Å²) in [7, 11) is 3.31. The van der Waals surface area contributed by atoms with Crippen LogP contribution >= 0.6 is 11.8 Å². The van der Waals surface area contributed by atoms with E-state index in [1.165, 1.54) is 28.5 Å². The molecule has 8 nitrogen and oxygen atoms in total. The van der Waals surface area contributed by atoms with Gasteiger partial charge < -0.3 is 19.8 Å². The highest BCUT2D eigenvalue weighted by atomic mass is 32.2. The van der Waals surface area contributed by atoms with Crippen LogP contribution in [0.5, 0.6) is 0 Å². The lowest BCUT2D eigenvalue weighted by Crippen LogP contribution is -2.62. The average molecular weight is 382 g/mol. The molecule has 0 aliphatic carbocycles. The molecule has 26 heavy (non-hydrogen) atoms. The van der Waals surface area contributed by atoms with Gasteiger partial charge in [-0.1, -0.05) is 6.58 Å². The fraction of sp³-hybridized carbons (Fsp3) is 0.588. The SMILES string of the molecule is C=C1C(S[C@@H]2CO[C@H](C(=O)N(C)C)C2)=C(C(=O)O)N2C(=O)[C@H]([C@H](C)O)[C@@H]12. The fourth-order valence-corrected chi connectivity index (χ4v) is 4.96. The van der Waals surface area contributed by atoms with Crippen molar-refractivity contribution in [1.82, 2.24) is 9.80 Å². The van der Waals surface area contributed by atoms with Gasteiger partial charge in [-0.05, 0) is 18.9 Å². The quantitative estimate of drug-likeness (QED) is 0.647. The van der Waals surface area contributed by atoms with Crippen LogP contribution in [0.25, 0.3) is 0 Å². The first kappa shape index (κ1) is 18.9. The molecule has 3 rings (SSSR count). The Kier molecular flexibility index (Phi) is 4.89. The van der Waals surface area contributed by atoms with E-state index in [-0.39, 0.29) is 16.9 Å². The first-order chi connectivity index (χ1) is 12.1. The van der Waals surface area contributed by atoms with Crippen LogP contribution < -0.4 is 0 Å². The van der Waals surface area contributed by atoms with Gasteiger partial charge in [-0.2, -0.15) is 0 Å². The summed E-state index contributed by atoms with van der Waals surface area (Å²) in [5.74, 6) is -2.40. The smallest absolute Gasteiger partial charge is 0.353 e. The van der Waals surface area contributed by atoms with Crippen molar-refractivity contribution in [2.24, 2.45) is 5.92 Å². The zero-order valence-corrected chi connectivity index (χ0v) is 15.7. The summed E-state index contributed by atoms with van der Waals surface area (Å²) >= 11 is 1.28. The Hall–Kier alpha value is -1.84. The highest BCUT2D eigenvalue weighted by molar-refractivity contribution is 8.04. The zero-order chi connectivity index (χ0) is 19.3. The number of amides is 2. The van der Waals surface area contributed by atoms with Crippen molar-refractivity contribution in [2.45, 2.75) is 36.8 Å². The molecule has 2 saturated heterocycles. The van der Waals surface area contributed by atoms with Crippen LogP contribution in [0.2, 0.25) is 0 Å². The van der Waals surface area contributed by atoms with Crippen LogP contribution in [0.3, 0.4) is 0 Å². The van der Waals surface area contributed by atoms with E-state index in [0.29, 0.717) is 23.5 Å². The maximum Gasteiger partial charge on any atom is 0.353 e. The number of aliphatic hydroxyl groups excluding tert-OH is 1. The molecule has 2 fully saturated rings. The summed E-state index contributed by atoms with van der Waals surface area (Å²) in [4.78, 5) is 39.2. The lowest BCUT2D eigenvalue weighted by molar-refractivity contribution is -0.159. The van der Waals surface area contributed by atoms with Crippen LogP contribution in [-0.2, 0) is 19.1 Å². The van der Waals surface area contributed by atoms with Crippen molar-refractivity contribution in [3.8, 4) is 0 Å². The number of rotatable bonds is 5. The Balaban J connectivity index is 1.79. The summed E-state index contributed by atoms with van der Waals surface area (Å²) in [6.45, 7) is 5.81. The molecular formula is C17H22N2O6S. The number of likely N-dealkylation sites (N-methyl/N-ethyl adjacent to an activating group) is 1. The third-order valence-corrected chi connectivity index (χ3v) is 6.28. The molecular weight excluding hydrogens is 360 g/mol. The highest BCUT2D eigenvalue weighted by Gasteiger charge is 2.59. The number of carboxylic acids is 1. The van der Waals surface area contributed by atoms with Gasteiger partial charge in [0.15, 0.2) is 0 Å². The van der Waals surface area contributed by atoms with E-state index in [0.717, 1.165) is 0 Å². The number of carbonyl (C=O) groups is 3. The molecule has 0 aromatic rings. The number of aliphatic hydroxyl groups is 1. The maximum atomic E-state index is 12.3. The number of thioether (sulfide) groups is 1. The number of aliphatic carboxylic acids is 1. The van der Waals surface area contributed by atoms with Crippen molar-refractivity contribution < 1.29 is 29.3 Å². The van der Waals surface area contributed by atoms with Crippen molar-refractivity contribution in [2.75, 3.05) is 20.7 Å². The minimum atomic E-state index is -1.20. The molecule has 142 valence electrons. The van der Waals surface area contributed by atoms with E-state index in [9.17, 15) is 24.6 Å². The molecule has 5 atom stereocenters. The lowest BCUT2D eigenvalue weighted by Gasteiger charge is -2.44. The fourth-order valence-electron chi connectivity index (χ4n) is 3.64. The Morgan fingerprint density at radius 2 is 2.08 bits per heavy atom. The molecule has 0 saturated carbocycles. The highest BCUT2D eigenvalue weighted by Crippen LogP contribution is 2.51. The van der Waals surface area contributed by atoms with Crippen molar-refractivity contribution in [3.05, 3.63) is 22.8 Å². The molecule has 3 aliphatic heterocycles. The molecule has 3 aliphatic rings. The largest absolute Gasteiger partial charge is 0.477 e. The summed E-state index contributed by atoms with van der Waals surface area (Å²) in [5, 5.41) is 19.3. The summed E-state index contributed by atoms with van der Waals surface area (Å²) in [6.07, 6.45) is -0.962. The Morgan fingerprint density at radius 3 is 2.62 bits per heavy atom. The zero-order valence-electron chi connectivity index (χ0n) is 14.8. The normalized spacial score (nSPS) is 31.8. The summed E-state index contributed by atoms with van der Waals surface area (Å²) in [5.41, 5.74) is 0.439.